The molecule has 0 aliphatic carbocycles. The molecular weight excluding hydrogens is 276 g/mol. The topological polar surface area (TPSA) is 58.6 Å². The molecule has 2 rings (SSSR count). The van der Waals surface area contributed by atoms with Crippen LogP contribution in [0.15, 0.2) is 17.0 Å². The van der Waals surface area contributed by atoms with Crippen LogP contribution in [0.3, 0.4) is 0 Å². The number of aryl methyl sites for hydroxylation is 2. The standard InChI is InChI=1S/C14H22N2O3S/c1-10-7-13(19-4)8-11(2)14(10)20(17,18)16-6-5-15-12(3)9-16/h7-8,12,15H,5-6,9H2,1-4H3/t12-/m1/s1. The minimum Gasteiger partial charge on any atom is -0.497 e. The third-order valence-electron chi connectivity index (χ3n) is 3.60. The average molecular weight is 298 g/mol. The molecule has 1 aliphatic heterocycles. The van der Waals surface area contributed by atoms with E-state index in [4.69, 9.17) is 4.74 Å². The Labute approximate surface area is 121 Å². The summed E-state index contributed by atoms with van der Waals surface area (Å²) in [5, 5.41) is 3.26. The van der Waals surface area contributed by atoms with Gasteiger partial charge in [0.2, 0.25) is 10.0 Å². The molecule has 0 aromatic heterocycles. The Bertz CT molecular complexity index is 575. The molecule has 1 aliphatic rings. The highest BCUT2D eigenvalue weighted by Gasteiger charge is 2.31. The van der Waals surface area contributed by atoms with Gasteiger partial charge in [-0.15, -0.1) is 0 Å². The summed E-state index contributed by atoms with van der Waals surface area (Å²) in [6.07, 6.45) is 0. The quantitative estimate of drug-likeness (QED) is 0.913. The van der Waals surface area contributed by atoms with Crippen LogP contribution >= 0.6 is 0 Å². The summed E-state index contributed by atoms with van der Waals surface area (Å²) in [7, 11) is -1.86. The van der Waals surface area contributed by atoms with Crippen LogP contribution in [0, 0.1) is 13.8 Å². The lowest BCUT2D eigenvalue weighted by Crippen LogP contribution is -2.51. The van der Waals surface area contributed by atoms with E-state index in [0.29, 0.717) is 30.3 Å². The normalized spacial score (nSPS) is 20.9. The number of methoxy groups -OCH3 is 1. The highest BCUT2D eigenvalue weighted by atomic mass is 32.2. The second-order valence-electron chi connectivity index (χ2n) is 5.31. The molecule has 112 valence electrons. The van der Waals surface area contributed by atoms with Crippen molar-refractivity contribution in [3.63, 3.8) is 0 Å². The SMILES string of the molecule is COc1cc(C)c(S(=O)(=O)N2CCN[C@H](C)C2)c(C)c1. The fraction of sp³-hybridized carbons (Fsp3) is 0.571. The Morgan fingerprint density at radius 1 is 1.30 bits per heavy atom. The van der Waals surface area contributed by atoms with Gasteiger partial charge in [0.1, 0.15) is 5.75 Å². The van der Waals surface area contributed by atoms with Crippen LogP contribution in [-0.4, -0.2) is 45.5 Å². The maximum absolute atomic E-state index is 12.8. The fourth-order valence-electron chi connectivity index (χ4n) is 2.68. The number of hydrogen-bond acceptors (Lipinski definition) is 4. The Morgan fingerprint density at radius 3 is 2.40 bits per heavy atom. The molecular formula is C14H22N2O3S. The van der Waals surface area contributed by atoms with E-state index < -0.39 is 10.0 Å². The van der Waals surface area contributed by atoms with E-state index in [2.05, 4.69) is 5.32 Å². The molecule has 1 heterocycles. The molecule has 1 saturated heterocycles. The zero-order chi connectivity index (χ0) is 14.9. The molecule has 0 unspecified atom stereocenters. The van der Waals surface area contributed by atoms with Crippen LogP contribution in [-0.2, 0) is 10.0 Å². The highest BCUT2D eigenvalue weighted by molar-refractivity contribution is 7.89. The van der Waals surface area contributed by atoms with Gasteiger partial charge >= 0.3 is 0 Å². The summed E-state index contributed by atoms with van der Waals surface area (Å²) >= 11 is 0. The summed E-state index contributed by atoms with van der Waals surface area (Å²) < 4.78 is 32.4. The molecule has 1 N–H and O–H groups in total. The molecule has 0 amide bonds. The summed E-state index contributed by atoms with van der Waals surface area (Å²) in [4.78, 5) is 0.410. The van der Waals surface area contributed by atoms with Crippen molar-refractivity contribution >= 4 is 10.0 Å². The lowest BCUT2D eigenvalue weighted by atomic mass is 10.1. The van der Waals surface area contributed by atoms with E-state index in [1.54, 1.807) is 23.5 Å². The fourth-order valence-corrected chi connectivity index (χ4v) is 4.62. The van der Waals surface area contributed by atoms with Crippen molar-refractivity contribution in [1.29, 1.82) is 0 Å². The Kier molecular flexibility index (Phi) is 4.36. The van der Waals surface area contributed by atoms with E-state index in [9.17, 15) is 8.42 Å². The number of ether oxygens (including phenoxy) is 1. The Morgan fingerprint density at radius 2 is 1.90 bits per heavy atom. The van der Waals surface area contributed by atoms with Gasteiger partial charge in [-0.2, -0.15) is 4.31 Å². The van der Waals surface area contributed by atoms with Gasteiger partial charge in [-0.05, 0) is 44.0 Å². The number of nitrogens with one attached hydrogen (secondary N) is 1. The van der Waals surface area contributed by atoms with Gasteiger partial charge in [0, 0.05) is 25.7 Å². The number of piperazine rings is 1. The monoisotopic (exact) mass is 298 g/mol. The van der Waals surface area contributed by atoms with Gasteiger partial charge in [0.15, 0.2) is 0 Å². The first-order chi connectivity index (χ1) is 9.36. The number of sulfonamides is 1. The largest absolute Gasteiger partial charge is 0.497 e. The molecule has 0 saturated carbocycles. The summed E-state index contributed by atoms with van der Waals surface area (Å²) in [5.41, 5.74) is 1.46. The van der Waals surface area contributed by atoms with E-state index in [-0.39, 0.29) is 6.04 Å². The lowest BCUT2D eigenvalue weighted by Gasteiger charge is -2.31. The minimum atomic E-state index is -3.44. The predicted octanol–water partition coefficient (Wildman–Crippen LogP) is 1.29. The van der Waals surface area contributed by atoms with E-state index in [0.717, 1.165) is 11.1 Å². The summed E-state index contributed by atoms with van der Waals surface area (Å²) in [6, 6.07) is 3.72. The van der Waals surface area contributed by atoms with Gasteiger partial charge in [-0.3, -0.25) is 0 Å². The Balaban J connectivity index is 2.44. The van der Waals surface area contributed by atoms with Gasteiger partial charge < -0.3 is 10.1 Å². The molecule has 0 radical (unpaired) electrons. The first-order valence-corrected chi connectivity index (χ1v) is 8.19. The number of benzene rings is 1. The van der Waals surface area contributed by atoms with Crippen molar-refractivity contribution in [2.24, 2.45) is 0 Å². The maximum atomic E-state index is 12.8. The Hall–Kier alpha value is -1.11. The molecule has 5 nitrogen and oxygen atoms in total. The molecule has 0 bridgehead atoms. The van der Waals surface area contributed by atoms with Gasteiger partial charge in [-0.25, -0.2) is 8.42 Å². The second-order valence-corrected chi connectivity index (χ2v) is 7.18. The maximum Gasteiger partial charge on any atom is 0.243 e. The minimum absolute atomic E-state index is 0.178. The molecule has 6 heteroatoms. The van der Waals surface area contributed by atoms with Crippen molar-refractivity contribution in [2.75, 3.05) is 26.7 Å². The molecule has 20 heavy (non-hydrogen) atoms. The van der Waals surface area contributed by atoms with Crippen LogP contribution in [0.4, 0.5) is 0 Å². The van der Waals surface area contributed by atoms with Crippen molar-refractivity contribution in [3.8, 4) is 5.75 Å². The van der Waals surface area contributed by atoms with Crippen LogP contribution in [0.1, 0.15) is 18.1 Å². The lowest BCUT2D eigenvalue weighted by molar-refractivity contribution is 0.310. The van der Waals surface area contributed by atoms with Gasteiger partial charge in [0.05, 0.1) is 12.0 Å². The van der Waals surface area contributed by atoms with Crippen molar-refractivity contribution < 1.29 is 13.2 Å². The van der Waals surface area contributed by atoms with Crippen LogP contribution in [0.25, 0.3) is 0 Å². The number of rotatable bonds is 3. The first kappa shape index (κ1) is 15.3. The average Bonchev–Trinajstić information content (AvgIpc) is 2.37. The molecule has 1 aromatic rings. The van der Waals surface area contributed by atoms with Crippen molar-refractivity contribution in [2.45, 2.75) is 31.7 Å². The number of hydrogen-bond donors (Lipinski definition) is 1. The highest BCUT2D eigenvalue weighted by Crippen LogP contribution is 2.28. The third-order valence-corrected chi connectivity index (χ3v) is 5.77. The van der Waals surface area contributed by atoms with Gasteiger partial charge in [0.25, 0.3) is 0 Å². The van der Waals surface area contributed by atoms with E-state index in [1.165, 1.54) is 0 Å². The zero-order valence-corrected chi connectivity index (χ0v) is 13.3. The predicted molar refractivity (Wildman–Crippen MR) is 78.7 cm³/mol. The summed E-state index contributed by atoms with van der Waals surface area (Å²) in [6.45, 7) is 7.33. The smallest absolute Gasteiger partial charge is 0.243 e. The molecule has 1 atom stereocenters. The zero-order valence-electron chi connectivity index (χ0n) is 12.4. The van der Waals surface area contributed by atoms with Crippen LogP contribution < -0.4 is 10.1 Å². The van der Waals surface area contributed by atoms with Crippen LogP contribution in [0.5, 0.6) is 5.75 Å². The molecule has 1 fully saturated rings. The van der Waals surface area contributed by atoms with E-state index in [1.807, 2.05) is 20.8 Å². The summed E-state index contributed by atoms with van der Waals surface area (Å²) in [5.74, 6) is 0.688. The van der Waals surface area contributed by atoms with Crippen molar-refractivity contribution in [3.05, 3.63) is 23.3 Å². The van der Waals surface area contributed by atoms with E-state index >= 15 is 0 Å². The second kappa shape index (κ2) is 5.71. The van der Waals surface area contributed by atoms with Gasteiger partial charge in [-0.1, -0.05) is 0 Å². The molecule has 1 aromatic carbocycles. The van der Waals surface area contributed by atoms with Crippen molar-refractivity contribution in [1.82, 2.24) is 9.62 Å². The third kappa shape index (κ3) is 2.82. The first-order valence-electron chi connectivity index (χ1n) is 6.75. The molecule has 0 spiro atoms. The number of nitrogens with zero attached hydrogens (tertiary/aromatic N) is 1. The van der Waals surface area contributed by atoms with Crippen LogP contribution in [0.2, 0.25) is 0 Å².